The molecule has 2 aliphatic heterocycles. The van der Waals surface area contributed by atoms with E-state index < -0.39 is 0 Å². The summed E-state index contributed by atoms with van der Waals surface area (Å²) >= 11 is 0. The number of nitrogens with zero attached hydrogens (tertiary/aromatic N) is 3. The normalized spacial score (nSPS) is 16.8. The number of rotatable bonds is 8. The van der Waals surface area contributed by atoms with Gasteiger partial charge in [-0.25, -0.2) is 4.39 Å². The highest BCUT2D eigenvalue weighted by Crippen LogP contribution is 2.24. The van der Waals surface area contributed by atoms with Gasteiger partial charge < -0.3 is 15.0 Å². The molecule has 0 bridgehead atoms. The third-order valence-corrected chi connectivity index (χ3v) is 8.01. The molecule has 2 amide bonds. The van der Waals surface area contributed by atoms with E-state index in [1.54, 1.807) is 60.5 Å². The van der Waals surface area contributed by atoms with Crippen LogP contribution in [-0.4, -0.2) is 71.7 Å². The van der Waals surface area contributed by atoms with Crippen LogP contribution in [0.25, 0.3) is 0 Å². The largest absolute Gasteiger partial charge is 0.497 e. The molecule has 41 heavy (non-hydrogen) atoms. The van der Waals surface area contributed by atoms with Crippen LogP contribution in [0.1, 0.15) is 62.5 Å². The van der Waals surface area contributed by atoms with Gasteiger partial charge in [0, 0.05) is 56.4 Å². The lowest BCUT2D eigenvalue weighted by Gasteiger charge is -2.32. The quantitative estimate of drug-likeness (QED) is 0.413. The van der Waals surface area contributed by atoms with E-state index in [0.29, 0.717) is 42.8 Å². The number of piperidine rings is 2. The Labute approximate surface area is 239 Å². The molecule has 0 radical (unpaired) electrons. The smallest absolute Gasteiger partial charge is 0.272 e. The summed E-state index contributed by atoms with van der Waals surface area (Å²) in [5.41, 5.74) is 2.43. The molecule has 3 heterocycles. The van der Waals surface area contributed by atoms with Crippen LogP contribution in [-0.2, 0) is 6.54 Å². The number of ketones is 1. The lowest BCUT2D eigenvalue weighted by atomic mass is 9.88. The van der Waals surface area contributed by atoms with Crippen LogP contribution < -0.4 is 10.1 Å². The minimum absolute atomic E-state index is 0.0650. The van der Waals surface area contributed by atoms with Crippen molar-refractivity contribution in [2.45, 2.75) is 38.3 Å². The van der Waals surface area contributed by atoms with Crippen LogP contribution in [0.5, 0.6) is 5.75 Å². The Hall–Kier alpha value is -4.11. The van der Waals surface area contributed by atoms with Crippen molar-refractivity contribution in [2.24, 2.45) is 5.92 Å². The van der Waals surface area contributed by atoms with Gasteiger partial charge in [0.15, 0.2) is 5.78 Å². The van der Waals surface area contributed by atoms with E-state index in [4.69, 9.17) is 4.74 Å². The lowest BCUT2D eigenvalue weighted by Crippen LogP contribution is -2.44. The second-order valence-corrected chi connectivity index (χ2v) is 10.7. The lowest BCUT2D eigenvalue weighted by molar-refractivity contribution is 0.0645. The van der Waals surface area contributed by atoms with Crippen LogP contribution in [0.4, 0.5) is 4.39 Å². The highest BCUT2D eigenvalue weighted by atomic mass is 19.1. The van der Waals surface area contributed by atoms with Crippen molar-refractivity contribution in [1.29, 1.82) is 0 Å². The van der Waals surface area contributed by atoms with Gasteiger partial charge >= 0.3 is 0 Å². The van der Waals surface area contributed by atoms with E-state index in [9.17, 15) is 18.8 Å². The number of carbonyl (C=O) groups is 3. The Bertz CT molecular complexity index is 1350. The summed E-state index contributed by atoms with van der Waals surface area (Å²) in [7, 11) is 1.59. The van der Waals surface area contributed by atoms with Gasteiger partial charge in [0.1, 0.15) is 17.3 Å². The molecule has 9 heteroatoms. The molecule has 1 N–H and O–H groups in total. The summed E-state index contributed by atoms with van der Waals surface area (Å²) in [6.45, 7) is 3.41. The van der Waals surface area contributed by atoms with Crippen molar-refractivity contribution >= 4 is 17.6 Å². The number of aromatic nitrogens is 1. The number of hydrogen-bond acceptors (Lipinski definition) is 6. The fourth-order valence-electron chi connectivity index (χ4n) is 5.50. The van der Waals surface area contributed by atoms with Gasteiger partial charge in [-0.3, -0.25) is 24.3 Å². The van der Waals surface area contributed by atoms with Crippen LogP contribution in [0, 0.1) is 11.7 Å². The average Bonchev–Trinajstić information content (AvgIpc) is 3.02. The summed E-state index contributed by atoms with van der Waals surface area (Å²) in [5.74, 6) is 0.0413. The summed E-state index contributed by atoms with van der Waals surface area (Å²) < 4.78 is 18.3. The van der Waals surface area contributed by atoms with Gasteiger partial charge in [-0.15, -0.1) is 0 Å². The number of likely N-dealkylation sites (tertiary alicyclic amines) is 2. The maximum absolute atomic E-state index is 13.1. The summed E-state index contributed by atoms with van der Waals surface area (Å²) in [4.78, 5) is 47.0. The Morgan fingerprint density at radius 2 is 1.54 bits per heavy atom. The molecule has 0 unspecified atom stereocenters. The van der Waals surface area contributed by atoms with Crippen LogP contribution in [0.15, 0.2) is 66.9 Å². The van der Waals surface area contributed by atoms with Crippen molar-refractivity contribution < 1.29 is 23.5 Å². The average molecular weight is 559 g/mol. The molecule has 8 nitrogen and oxygen atoms in total. The van der Waals surface area contributed by atoms with Gasteiger partial charge in [-0.2, -0.15) is 0 Å². The van der Waals surface area contributed by atoms with Gasteiger partial charge in [0.2, 0.25) is 0 Å². The summed E-state index contributed by atoms with van der Waals surface area (Å²) in [6, 6.07) is 17.0. The minimum Gasteiger partial charge on any atom is -0.497 e. The first-order chi connectivity index (χ1) is 19.9. The first-order valence-corrected chi connectivity index (χ1v) is 14.1. The fourth-order valence-corrected chi connectivity index (χ4v) is 5.50. The second-order valence-electron chi connectivity index (χ2n) is 10.7. The number of pyridine rings is 1. The third kappa shape index (κ3) is 7.16. The molecule has 2 aliphatic rings. The van der Waals surface area contributed by atoms with Crippen molar-refractivity contribution in [3.63, 3.8) is 0 Å². The topological polar surface area (TPSA) is 91.8 Å². The first-order valence-electron chi connectivity index (χ1n) is 14.1. The Kier molecular flexibility index (Phi) is 9.04. The predicted octanol–water partition coefficient (Wildman–Crippen LogP) is 4.36. The SMILES string of the molecule is COc1ccc(C(=O)C2CCN(C(=O)c3ccc(C(=O)NC4CCN(Cc5ccc(F)cc5)CC4)cn3)CC2)cc1. The number of amides is 2. The Morgan fingerprint density at radius 1 is 0.878 bits per heavy atom. The summed E-state index contributed by atoms with van der Waals surface area (Å²) in [5, 5.41) is 3.08. The second kappa shape index (κ2) is 13.0. The zero-order valence-electron chi connectivity index (χ0n) is 23.2. The maximum atomic E-state index is 13.1. The number of halogens is 1. The molecule has 0 atom stereocenters. The highest BCUT2D eigenvalue weighted by molar-refractivity contribution is 5.99. The zero-order chi connectivity index (χ0) is 28.8. The molecule has 0 saturated carbocycles. The van der Waals surface area contributed by atoms with E-state index in [-0.39, 0.29) is 41.1 Å². The molecular weight excluding hydrogens is 523 g/mol. The van der Waals surface area contributed by atoms with Crippen molar-refractivity contribution in [1.82, 2.24) is 20.1 Å². The third-order valence-electron chi connectivity index (χ3n) is 8.01. The number of carbonyl (C=O) groups excluding carboxylic acids is 3. The molecule has 2 saturated heterocycles. The van der Waals surface area contributed by atoms with Crippen LogP contribution in [0.3, 0.4) is 0 Å². The predicted molar refractivity (Wildman–Crippen MR) is 152 cm³/mol. The molecule has 5 rings (SSSR count). The van der Waals surface area contributed by atoms with Gasteiger partial charge in [-0.1, -0.05) is 12.1 Å². The molecule has 0 spiro atoms. The Morgan fingerprint density at radius 3 is 2.15 bits per heavy atom. The minimum atomic E-state index is -0.235. The molecule has 2 aromatic carbocycles. The number of hydrogen-bond donors (Lipinski definition) is 1. The van der Waals surface area contributed by atoms with E-state index in [0.717, 1.165) is 38.0 Å². The monoisotopic (exact) mass is 558 g/mol. The van der Waals surface area contributed by atoms with Gasteiger partial charge in [0.25, 0.3) is 11.8 Å². The van der Waals surface area contributed by atoms with Crippen LogP contribution >= 0.6 is 0 Å². The molecule has 3 aromatic rings. The number of Topliss-reactive ketones (excluding diaryl/α,β-unsaturated/α-hetero) is 1. The van der Waals surface area contributed by atoms with Gasteiger partial charge in [0.05, 0.1) is 12.7 Å². The molecule has 1 aromatic heterocycles. The number of nitrogens with one attached hydrogen (secondary N) is 1. The van der Waals surface area contributed by atoms with Crippen molar-refractivity contribution in [3.8, 4) is 5.75 Å². The number of methoxy groups -OCH3 is 1. The van der Waals surface area contributed by atoms with E-state index in [1.165, 1.54) is 18.3 Å². The van der Waals surface area contributed by atoms with Crippen molar-refractivity contribution in [3.05, 3.63) is 95.1 Å². The standard InChI is InChI=1S/C32H35FN4O4/c1-41-28-9-4-23(5-10-28)30(38)24-12-18-37(19-13-24)32(40)29-11-6-25(20-34-29)31(39)35-27-14-16-36(17-15-27)21-22-2-7-26(33)8-3-22/h2-11,20,24,27H,12-19,21H2,1H3,(H,35,39). The Balaban J connectivity index is 1.07. The maximum Gasteiger partial charge on any atom is 0.272 e. The molecule has 0 aliphatic carbocycles. The highest BCUT2D eigenvalue weighted by Gasteiger charge is 2.29. The molecular formula is C32H35FN4O4. The first kappa shape index (κ1) is 28.4. The van der Waals surface area contributed by atoms with E-state index in [1.807, 2.05) is 0 Å². The number of ether oxygens (including phenoxy) is 1. The number of benzene rings is 2. The van der Waals surface area contributed by atoms with Crippen LogP contribution in [0.2, 0.25) is 0 Å². The molecule has 2 fully saturated rings. The van der Waals surface area contributed by atoms with Gasteiger partial charge in [-0.05, 0) is 79.8 Å². The van der Waals surface area contributed by atoms with Crippen molar-refractivity contribution in [2.75, 3.05) is 33.3 Å². The van der Waals surface area contributed by atoms with E-state index >= 15 is 0 Å². The molecule has 214 valence electrons. The zero-order valence-corrected chi connectivity index (χ0v) is 23.2. The van der Waals surface area contributed by atoms with E-state index in [2.05, 4.69) is 15.2 Å². The summed E-state index contributed by atoms with van der Waals surface area (Å²) in [6.07, 6.45) is 4.30. The fraction of sp³-hybridized carbons (Fsp3) is 0.375.